The van der Waals surface area contributed by atoms with E-state index in [9.17, 15) is 22.0 Å². The van der Waals surface area contributed by atoms with Crippen molar-refractivity contribution in [3.05, 3.63) is 35.4 Å². The molecule has 110 valence electrons. The fraction of sp³-hybridized carbons (Fsp3) is 0.250. The molecule has 5 nitrogen and oxygen atoms in total. The van der Waals surface area contributed by atoms with Gasteiger partial charge in [-0.05, 0) is 35.8 Å². The number of nitrogens with one attached hydrogen (secondary N) is 1. The van der Waals surface area contributed by atoms with Crippen molar-refractivity contribution in [1.29, 1.82) is 0 Å². The minimum absolute atomic E-state index is 0.0558. The maximum Gasteiger partial charge on any atom is 0.355 e. The number of hydrogen-bond acceptors (Lipinski definition) is 3. The van der Waals surface area contributed by atoms with Crippen molar-refractivity contribution in [2.75, 3.05) is 4.72 Å². The third-order valence-electron chi connectivity index (χ3n) is 2.42. The number of aliphatic carboxylic acids is 1. The third kappa shape index (κ3) is 4.30. The van der Waals surface area contributed by atoms with Crippen molar-refractivity contribution in [2.45, 2.75) is 19.1 Å². The van der Waals surface area contributed by atoms with Crippen molar-refractivity contribution in [3.63, 3.8) is 0 Å². The third-order valence-corrected chi connectivity index (χ3v) is 3.39. The quantitative estimate of drug-likeness (QED) is 0.790. The van der Waals surface area contributed by atoms with Crippen LogP contribution < -0.4 is 4.72 Å². The van der Waals surface area contributed by atoms with Crippen LogP contribution in [0.5, 0.6) is 0 Å². The minimum atomic E-state index is -4.72. The number of carboxylic acids is 1. The van der Waals surface area contributed by atoms with Gasteiger partial charge in [-0.2, -0.15) is 8.78 Å². The Labute approximate surface area is 115 Å². The number of benzene rings is 1. The van der Waals surface area contributed by atoms with Gasteiger partial charge in [0.25, 0.3) is 10.0 Å². The van der Waals surface area contributed by atoms with E-state index in [2.05, 4.69) is 0 Å². The number of hydrogen-bond donors (Lipinski definition) is 2. The largest absolute Gasteiger partial charge is 0.478 e. The molecule has 0 bridgehead atoms. The highest BCUT2D eigenvalue weighted by atomic mass is 32.2. The lowest BCUT2D eigenvalue weighted by atomic mass is 10.1. The lowest BCUT2D eigenvalue weighted by Crippen LogP contribution is -2.21. The molecule has 0 aliphatic rings. The van der Waals surface area contributed by atoms with Gasteiger partial charge in [-0.1, -0.05) is 13.0 Å². The number of carbonyl (C=O) groups is 1. The van der Waals surface area contributed by atoms with E-state index in [1.807, 2.05) is 4.72 Å². The van der Waals surface area contributed by atoms with Gasteiger partial charge in [-0.3, -0.25) is 4.72 Å². The molecule has 1 rings (SSSR count). The molecule has 0 spiro atoms. The van der Waals surface area contributed by atoms with Crippen LogP contribution in [0.1, 0.15) is 18.1 Å². The second kappa shape index (κ2) is 6.47. The van der Waals surface area contributed by atoms with Crippen LogP contribution in [-0.2, 0) is 21.2 Å². The zero-order chi connectivity index (χ0) is 15.3. The molecule has 0 amide bonds. The van der Waals surface area contributed by atoms with Crippen LogP contribution in [0.3, 0.4) is 0 Å². The molecule has 0 heterocycles. The molecule has 0 saturated heterocycles. The Bertz CT molecular complexity index is 626. The van der Waals surface area contributed by atoms with Crippen LogP contribution in [0, 0.1) is 0 Å². The lowest BCUT2D eigenvalue weighted by Gasteiger charge is -2.11. The number of sulfonamides is 1. The number of alkyl halides is 2. The van der Waals surface area contributed by atoms with Gasteiger partial charge in [-0.15, -0.1) is 0 Å². The van der Waals surface area contributed by atoms with Gasteiger partial charge in [0, 0.05) is 6.08 Å². The Balaban J connectivity index is 3.09. The zero-order valence-corrected chi connectivity index (χ0v) is 11.3. The van der Waals surface area contributed by atoms with E-state index < -0.39 is 21.8 Å². The van der Waals surface area contributed by atoms with E-state index in [0.717, 1.165) is 6.08 Å². The van der Waals surface area contributed by atoms with E-state index in [1.165, 1.54) is 24.3 Å². The summed E-state index contributed by atoms with van der Waals surface area (Å²) in [6, 6.07) is 4.28. The molecule has 20 heavy (non-hydrogen) atoms. The van der Waals surface area contributed by atoms with E-state index in [-0.39, 0.29) is 5.69 Å². The number of anilines is 1. The number of rotatable bonds is 6. The molecule has 0 saturated carbocycles. The summed E-state index contributed by atoms with van der Waals surface area (Å²) in [5.74, 6) is -4.63. The molecule has 0 fully saturated rings. The van der Waals surface area contributed by atoms with Gasteiger partial charge in [0.15, 0.2) is 0 Å². The SMILES string of the molecule is CCc1cc(/C=C/C(=O)O)ccc1NS(=O)(=O)C(F)F. The van der Waals surface area contributed by atoms with Gasteiger partial charge in [-0.25, -0.2) is 13.2 Å². The molecule has 0 aliphatic heterocycles. The van der Waals surface area contributed by atoms with Gasteiger partial charge < -0.3 is 5.11 Å². The summed E-state index contributed by atoms with van der Waals surface area (Å²) in [5.41, 5.74) is 1.08. The first kappa shape index (κ1) is 16.1. The van der Waals surface area contributed by atoms with Gasteiger partial charge in [0.2, 0.25) is 0 Å². The average molecular weight is 305 g/mol. The van der Waals surface area contributed by atoms with Gasteiger partial charge >= 0.3 is 11.7 Å². The van der Waals surface area contributed by atoms with Crippen molar-refractivity contribution in [3.8, 4) is 0 Å². The Kier molecular flexibility index (Phi) is 5.20. The second-order valence-electron chi connectivity index (χ2n) is 3.85. The molecule has 0 unspecified atom stereocenters. The normalized spacial score (nSPS) is 12.0. The van der Waals surface area contributed by atoms with Crippen molar-refractivity contribution in [2.24, 2.45) is 0 Å². The van der Waals surface area contributed by atoms with E-state index in [1.54, 1.807) is 6.92 Å². The molecule has 2 N–H and O–H groups in total. The zero-order valence-electron chi connectivity index (χ0n) is 10.5. The number of aryl methyl sites for hydroxylation is 1. The van der Waals surface area contributed by atoms with Gasteiger partial charge in [0.1, 0.15) is 0 Å². The molecule has 0 atom stereocenters. The molecular weight excluding hydrogens is 292 g/mol. The highest BCUT2D eigenvalue weighted by Crippen LogP contribution is 2.22. The monoisotopic (exact) mass is 305 g/mol. The summed E-state index contributed by atoms with van der Waals surface area (Å²) in [5, 5.41) is 8.51. The van der Waals surface area contributed by atoms with Crippen LogP contribution in [0.15, 0.2) is 24.3 Å². The lowest BCUT2D eigenvalue weighted by molar-refractivity contribution is -0.131. The molecule has 0 radical (unpaired) electrons. The first-order valence-electron chi connectivity index (χ1n) is 5.60. The van der Waals surface area contributed by atoms with Crippen molar-refractivity contribution in [1.82, 2.24) is 0 Å². The highest BCUT2D eigenvalue weighted by molar-refractivity contribution is 7.93. The molecule has 1 aromatic carbocycles. The van der Waals surface area contributed by atoms with Crippen LogP contribution in [-0.4, -0.2) is 25.3 Å². The summed E-state index contributed by atoms with van der Waals surface area (Å²) < 4.78 is 48.6. The van der Waals surface area contributed by atoms with Crippen molar-refractivity contribution < 1.29 is 27.1 Å². The summed E-state index contributed by atoms with van der Waals surface area (Å²) in [4.78, 5) is 10.4. The summed E-state index contributed by atoms with van der Waals surface area (Å²) in [6.45, 7) is 1.72. The Morgan fingerprint density at radius 2 is 2.10 bits per heavy atom. The smallest absolute Gasteiger partial charge is 0.355 e. The fourth-order valence-corrected chi connectivity index (χ4v) is 2.07. The topological polar surface area (TPSA) is 83.5 Å². The van der Waals surface area contributed by atoms with Gasteiger partial charge in [0.05, 0.1) is 5.69 Å². The summed E-state index contributed by atoms with van der Waals surface area (Å²) >= 11 is 0. The number of halogens is 2. The van der Waals surface area contributed by atoms with Crippen LogP contribution >= 0.6 is 0 Å². The maximum absolute atomic E-state index is 12.3. The van der Waals surface area contributed by atoms with E-state index in [0.29, 0.717) is 17.5 Å². The standard InChI is InChI=1S/C12H13F2NO4S/c1-2-9-7-8(4-6-11(16)17)3-5-10(9)15-20(18,19)12(13)14/h3-7,12,15H,2H2,1H3,(H,16,17)/b6-4+. The molecular formula is C12H13F2NO4S. The van der Waals surface area contributed by atoms with Crippen LogP contribution in [0.25, 0.3) is 6.08 Å². The highest BCUT2D eigenvalue weighted by Gasteiger charge is 2.24. The summed E-state index contributed by atoms with van der Waals surface area (Å²) in [6.07, 6.45) is 2.65. The molecule has 0 aliphatic carbocycles. The van der Waals surface area contributed by atoms with Crippen LogP contribution in [0.2, 0.25) is 0 Å². The second-order valence-corrected chi connectivity index (χ2v) is 5.50. The predicted molar refractivity (Wildman–Crippen MR) is 71.0 cm³/mol. The molecule has 8 heteroatoms. The number of carboxylic acid groups (broad SMARTS) is 1. The first-order chi connectivity index (χ1) is 9.26. The van der Waals surface area contributed by atoms with E-state index >= 15 is 0 Å². The Morgan fingerprint density at radius 1 is 1.45 bits per heavy atom. The fourth-order valence-electron chi connectivity index (χ4n) is 1.47. The Morgan fingerprint density at radius 3 is 2.60 bits per heavy atom. The predicted octanol–water partition coefficient (Wildman–Crippen LogP) is 2.31. The maximum atomic E-state index is 12.3. The van der Waals surface area contributed by atoms with Crippen LogP contribution in [0.4, 0.5) is 14.5 Å². The average Bonchev–Trinajstić information content (AvgIpc) is 2.36. The Hall–Kier alpha value is -1.96. The molecule has 0 aromatic heterocycles. The minimum Gasteiger partial charge on any atom is -0.478 e. The molecule has 1 aromatic rings. The van der Waals surface area contributed by atoms with Crippen molar-refractivity contribution >= 4 is 27.8 Å². The summed E-state index contributed by atoms with van der Waals surface area (Å²) in [7, 11) is -4.72. The first-order valence-corrected chi connectivity index (χ1v) is 7.14. The van der Waals surface area contributed by atoms with E-state index in [4.69, 9.17) is 5.11 Å².